The molecule has 0 saturated carbocycles. The summed E-state index contributed by atoms with van der Waals surface area (Å²) in [4.78, 5) is 2.93. The molecule has 0 aliphatic rings. The Morgan fingerprint density at radius 1 is 0.955 bits per heavy atom. The van der Waals surface area contributed by atoms with E-state index >= 15 is 0 Å². The average molecular weight is 315 g/mol. The maximum atomic E-state index is 9.44. The summed E-state index contributed by atoms with van der Waals surface area (Å²) in [7, 11) is 0. The number of nitrogens with zero attached hydrogens (tertiary/aromatic N) is 1. The van der Waals surface area contributed by atoms with Gasteiger partial charge >= 0.3 is 0 Å². The second-order valence-electron chi connectivity index (χ2n) is 5.15. The van der Waals surface area contributed by atoms with Crippen molar-refractivity contribution in [2.24, 2.45) is 0 Å². The first-order valence-electron chi connectivity index (χ1n) is 7.46. The van der Waals surface area contributed by atoms with E-state index < -0.39 is 0 Å². The predicted octanol–water partition coefficient (Wildman–Crippen LogP) is 4.45. The van der Waals surface area contributed by atoms with Crippen LogP contribution >= 0.6 is 12.2 Å². The zero-order valence-corrected chi connectivity index (χ0v) is 13.7. The summed E-state index contributed by atoms with van der Waals surface area (Å²) in [6, 6.07) is 14.3. The molecule has 22 heavy (non-hydrogen) atoms. The molecule has 0 amide bonds. The van der Waals surface area contributed by atoms with Gasteiger partial charge in [-0.15, -0.1) is 0 Å². The van der Waals surface area contributed by atoms with E-state index in [9.17, 15) is 10.2 Å². The van der Waals surface area contributed by atoms with Gasteiger partial charge in [0.1, 0.15) is 11.5 Å². The number of hydrogen-bond acceptors (Lipinski definition) is 3. The first-order chi connectivity index (χ1) is 10.6. The van der Waals surface area contributed by atoms with Crippen molar-refractivity contribution in [1.82, 2.24) is 0 Å². The van der Waals surface area contributed by atoms with Gasteiger partial charge in [-0.1, -0.05) is 31.3 Å². The lowest BCUT2D eigenvalue weighted by Crippen LogP contribution is -2.33. The number of thiocarbonyl (C=S) groups is 1. The third kappa shape index (κ3) is 3.57. The Kier molecular flexibility index (Phi) is 5.39. The number of phenolic OH excluding ortho intramolecular Hbond substituents is 2. The lowest BCUT2D eigenvalue weighted by Gasteiger charge is -2.29. The molecule has 0 aromatic heterocycles. The Morgan fingerprint density at radius 3 is 1.91 bits per heavy atom. The molecule has 116 valence electrons. The van der Waals surface area contributed by atoms with Gasteiger partial charge < -0.3 is 15.1 Å². The highest BCUT2D eigenvalue weighted by molar-refractivity contribution is 7.80. The van der Waals surface area contributed by atoms with Crippen LogP contribution < -0.4 is 4.90 Å². The highest BCUT2D eigenvalue weighted by atomic mass is 32.1. The van der Waals surface area contributed by atoms with Gasteiger partial charge in [-0.2, -0.15) is 0 Å². The van der Waals surface area contributed by atoms with E-state index in [4.69, 9.17) is 12.2 Å². The normalized spacial score (nSPS) is 11.9. The van der Waals surface area contributed by atoms with Crippen molar-refractivity contribution >= 4 is 22.9 Å². The summed E-state index contributed by atoms with van der Waals surface area (Å²) >= 11 is 5.73. The van der Waals surface area contributed by atoms with Crippen LogP contribution in [0.2, 0.25) is 0 Å². The zero-order valence-electron chi connectivity index (χ0n) is 12.9. The van der Waals surface area contributed by atoms with Crippen LogP contribution in [-0.4, -0.2) is 21.7 Å². The van der Waals surface area contributed by atoms with Crippen molar-refractivity contribution in [2.75, 3.05) is 11.4 Å². The van der Waals surface area contributed by atoms with Crippen LogP contribution in [0.25, 0.3) is 0 Å². The fraction of sp³-hybridized carbons (Fsp3) is 0.278. The topological polar surface area (TPSA) is 43.7 Å². The van der Waals surface area contributed by atoms with Crippen molar-refractivity contribution < 1.29 is 10.2 Å². The molecule has 2 aromatic carbocycles. The number of phenols is 2. The van der Waals surface area contributed by atoms with Gasteiger partial charge in [-0.3, -0.25) is 0 Å². The monoisotopic (exact) mass is 315 g/mol. The van der Waals surface area contributed by atoms with Gasteiger partial charge in [-0.05, 0) is 55.3 Å². The molecule has 0 bridgehead atoms. The van der Waals surface area contributed by atoms with Crippen LogP contribution in [-0.2, 0) is 0 Å². The standard InChI is InChI=1S/C18H21NO2S/c1-3-17(13-5-9-15(20)10-6-13)18(22)19(4-2)14-7-11-16(21)12-8-14/h5-12,17,20-21H,3-4H2,1-2H3. The summed E-state index contributed by atoms with van der Waals surface area (Å²) in [6.45, 7) is 4.93. The third-order valence-corrected chi connectivity index (χ3v) is 4.25. The molecule has 0 heterocycles. The SMILES string of the molecule is CCC(C(=S)N(CC)c1ccc(O)cc1)c1ccc(O)cc1. The van der Waals surface area contributed by atoms with Crippen LogP contribution in [0.1, 0.15) is 31.7 Å². The summed E-state index contributed by atoms with van der Waals surface area (Å²) in [5.74, 6) is 0.621. The number of anilines is 1. The fourth-order valence-electron chi connectivity index (χ4n) is 2.55. The Labute approximate surface area is 136 Å². The quantitative estimate of drug-likeness (QED) is 0.800. The average Bonchev–Trinajstić information content (AvgIpc) is 2.52. The van der Waals surface area contributed by atoms with E-state index in [0.717, 1.165) is 29.2 Å². The van der Waals surface area contributed by atoms with E-state index in [0.29, 0.717) is 0 Å². The molecule has 1 atom stereocenters. The fourth-order valence-corrected chi connectivity index (χ4v) is 3.08. The molecule has 4 heteroatoms. The number of benzene rings is 2. The molecule has 0 aliphatic heterocycles. The van der Waals surface area contributed by atoms with Gasteiger partial charge in [0.05, 0.1) is 4.99 Å². The first kappa shape index (κ1) is 16.3. The van der Waals surface area contributed by atoms with E-state index in [1.54, 1.807) is 24.3 Å². The van der Waals surface area contributed by atoms with Gasteiger partial charge in [0, 0.05) is 18.2 Å². The summed E-state index contributed by atoms with van der Waals surface area (Å²) in [6.07, 6.45) is 0.887. The molecule has 0 aliphatic carbocycles. The molecular weight excluding hydrogens is 294 g/mol. The first-order valence-corrected chi connectivity index (χ1v) is 7.87. The molecule has 0 spiro atoms. The summed E-state index contributed by atoms with van der Waals surface area (Å²) < 4.78 is 0. The van der Waals surface area contributed by atoms with Crippen LogP contribution in [0, 0.1) is 0 Å². The Hall–Kier alpha value is -2.07. The van der Waals surface area contributed by atoms with Crippen LogP contribution in [0.5, 0.6) is 11.5 Å². The van der Waals surface area contributed by atoms with Crippen LogP contribution in [0.4, 0.5) is 5.69 Å². The molecule has 1 unspecified atom stereocenters. The number of rotatable bonds is 5. The lowest BCUT2D eigenvalue weighted by molar-refractivity contribution is 0.474. The van der Waals surface area contributed by atoms with Gasteiger partial charge in [0.25, 0.3) is 0 Å². The second-order valence-corrected chi connectivity index (χ2v) is 5.57. The Balaban J connectivity index is 2.29. The van der Waals surface area contributed by atoms with E-state index in [1.165, 1.54) is 0 Å². The van der Waals surface area contributed by atoms with E-state index in [-0.39, 0.29) is 17.4 Å². The molecule has 2 rings (SSSR count). The van der Waals surface area contributed by atoms with E-state index in [1.807, 2.05) is 24.3 Å². The van der Waals surface area contributed by atoms with Crippen molar-refractivity contribution in [3.63, 3.8) is 0 Å². The number of hydrogen-bond donors (Lipinski definition) is 2. The Morgan fingerprint density at radius 2 is 1.45 bits per heavy atom. The minimum absolute atomic E-state index is 0.115. The van der Waals surface area contributed by atoms with Crippen molar-refractivity contribution in [2.45, 2.75) is 26.2 Å². The van der Waals surface area contributed by atoms with E-state index in [2.05, 4.69) is 18.7 Å². The van der Waals surface area contributed by atoms with Crippen molar-refractivity contribution in [3.05, 3.63) is 54.1 Å². The largest absolute Gasteiger partial charge is 0.508 e. The highest BCUT2D eigenvalue weighted by Crippen LogP contribution is 2.28. The second kappa shape index (κ2) is 7.27. The molecule has 2 aromatic rings. The third-order valence-electron chi connectivity index (χ3n) is 3.75. The molecule has 0 saturated heterocycles. The number of likely N-dealkylation sites (N-methyl/N-ethyl adjacent to an activating group) is 1. The lowest BCUT2D eigenvalue weighted by atomic mass is 9.95. The van der Waals surface area contributed by atoms with Gasteiger partial charge in [0.2, 0.25) is 0 Å². The number of aromatic hydroxyl groups is 2. The highest BCUT2D eigenvalue weighted by Gasteiger charge is 2.21. The minimum Gasteiger partial charge on any atom is -0.508 e. The molecule has 3 nitrogen and oxygen atoms in total. The van der Waals surface area contributed by atoms with Gasteiger partial charge in [-0.25, -0.2) is 0 Å². The zero-order chi connectivity index (χ0) is 16.1. The molecular formula is C18H21NO2S. The maximum absolute atomic E-state index is 9.44. The van der Waals surface area contributed by atoms with Crippen molar-refractivity contribution in [1.29, 1.82) is 0 Å². The predicted molar refractivity (Wildman–Crippen MR) is 94.9 cm³/mol. The van der Waals surface area contributed by atoms with Crippen molar-refractivity contribution in [3.8, 4) is 11.5 Å². The van der Waals surface area contributed by atoms with Crippen LogP contribution in [0.15, 0.2) is 48.5 Å². The molecule has 0 fully saturated rings. The molecule has 2 N–H and O–H groups in total. The smallest absolute Gasteiger partial charge is 0.115 e. The summed E-state index contributed by atoms with van der Waals surface area (Å²) in [5.41, 5.74) is 2.07. The Bertz CT molecular complexity index is 567. The van der Waals surface area contributed by atoms with Gasteiger partial charge in [0.15, 0.2) is 0 Å². The minimum atomic E-state index is 0.115. The molecule has 0 radical (unpaired) electrons. The summed E-state index contributed by atoms with van der Waals surface area (Å²) in [5, 5.41) is 18.9. The maximum Gasteiger partial charge on any atom is 0.115 e. The van der Waals surface area contributed by atoms with Crippen LogP contribution in [0.3, 0.4) is 0 Å².